The molecule has 0 spiro atoms. The number of nitrogens with two attached hydrogens (primary N) is 1. The van der Waals surface area contributed by atoms with Gasteiger partial charge < -0.3 is 15.3 Å². The molecule has 1 aromatic heterocycles. The van der Waals surface area contributed by atoms with Crippen LogP contribution < -0.4 is 5.73 Å². The third-order valence-corrected chi connectivity index (χ3v) is 3.48. The number of carboxylic acids is 1. The van der Waals surface area contributed by atoms with Crippen LogP contribution in [0.5, 0.6) is 0 Å². The summed E-state index contributed by atoms with van der Waals surface area (Å²) in [6.45, 7) is 4.60. The molecule has 0 saturated heterocycles. The molecule has 2 rings (SSSR count). The average Bonchev–Trinajstić information content (AvgIpc) is 2.88. The Morgan fingerprint density at radius 3 is 2.65 bits per heavy atom. The predicted molar refractivity (Wildman–Crippen MR) is 77.1 cm³/mol. The molecule has 1 heterocycles. The van der Waals surface area contributed by atoms with Crippen LogP contribution in [0.2, 0.25) is 0 Å². The van der Waals surface area contributed by atoms with Crippen molar-refractivity contribution in [2.45, 2.75) is 26.2 Å². The maximum Gasteiger partial charge on any atom is 0.371 e. The molecule has 4 nitrogen and oxygen atoms in total. The zero-order valence-corrected chi connectivity index (χ0v) is 11.7. The van der Waals surface area contributed by atoms with E-state index in [1.807, 2.05) is 6.92 Å². The zero-order chi connectivity index (χ0) is 14.7. The van der Waals surface area contributed by atoms with E-state index < -0.39 is 5.97 Å². The van der Waals surface area contributed by atoms with E-state index in [1.165, 1.54) is 22.8 Å². The zero-order valence-electron chi connectivity index (χ0n) is 11.7. The van der Waals surface area contributed by atoms with Crippen LogP contribution in [0.15, 0.2) is 34.7 Å². The van der Waals surface area contributed by atoms with Crippen molar-refractivity contribution in [3.63, 3.8) is 0 Å². The molecule has 0 amide bonds. The van der Waals surface area contributed by atoms with Crippen LogP contribution in [0.25, 0.3) is 0 Å². The summed E-state index contributed by atoms with van der Waals surface area (Å²) >= 11 is 0. The van der Waals surface area contributed by atoms with Crippen LogP contribution in [0.3, 0.4) is 0 Å². The number of aromatic carboxylic acids is 1. The fourth-order valence-corrected chi connectivity index (χ4v) is 2.37. The van der Waals surface area contributed by atoms with E-state index >= 15 is 0 Å². The second kappa shape index (κ2) is 5.92. The lowest BCUT2D eigenvalue weighted by Gasteiger charge is -2.17. The van der Waals surface area contributed by atoms with Crippen LogP contribution in [0.1, 0.15) is 38.9 Å². The van der Waals surface area contributed by atoms with Crippen molar-refractivity contribution < 1.29 is 14.3 Å². The van der Waals surface area contributed by atoms with Gasteiger partial charge in [-0.3, -0.25) is 0 Å². The molecule has 1 unspecified atom stereocenters. The van der Waals surface area contributed by atoms with Crippen LogP contribution in [0, 0.1) is 13.8 Å². The highest BCUT2D eigenvalue weighted by molar-refractivity contribution is 5.84. The van der Waals surface area contributed by atoms with Crippen molar-refractivity contribution in [1.29, 1.82) is 0 Å². The Balaban J connectivity index is 2.23. The lowest BCUT2D eigenvalue weighted by atomic mass is 9.90. The smallest absolute Gasteiger partial charge is 0.371 e. The molecule has 1 atom stereocenters. The Morgan fingerprint density at radius 2 is 2.05 bits per heavy atom. The quantitative estimate of drug-likeness (QED) is 0.878. The number of aryl methyl sites for hydroxylation is 2. The Hall–Kier alpha value is -2.07. The molecule has 0 aliphatic rings. The SMILES string of the molecule is Cc1ccc(C)c(C(CN)Cc2ccc(C(=O)O)o2)c1. The molecule has 0 bridgehead atoms. The summed E-state index contributed by atoms with van der Waals surface area (Å²) in [4.78, 5) is 10.8. The van der Waals surface area contributed by atoms with E-state index in [2.05, 4.69) is 25.1 Å². The molecule has 1 aromatic carbocycles. The summed E-state index contributed by atoms with van der Waals surface area (Å²) in [5, 5.41) is 8.87. The monoisotopic (exact) mass is 273 g/mol. The van der Waals surface area contributed by atoms with Crippen molar-refractivity contribution in [2.24, 2.45) is 5.73 Å². The number of benzene rings is 1. The summed E-state index contributed by atoms with van der Waals surface area (Å²) in [7, 11) is 0. The number of rotatable bonds is 5. The first-order valence-electron chi connectivity index (χ1n) is 6.60. The number of hydrogen-bond acceptors (Lipinski definition) is 3. The summed E-state index contributed by atoms with van der Waals surface area (Å²) in [6.07, 6.45) is 0.605. The van der Waals surface area contributed by atoms with E-state index in [9.17, 15) is 4.79 Å². The minimum absolute atomic E-state index is 0.0308. The molecule has 20 heavy (non-hydrogen) atoms. The van der Waals surface area contributed by atoms with E-state index in [0.29, 0.717) is 18.7 Å². The second-order valence-corrected chi connectivity index (χ2v) is 5.07. The molecule has 0 saturated carbocycles. The lowest BCUT2D eigenvalue weighted by Crippen LogP contribution is -2.16. The van der Waals surface area contributed by atoms with Gasteiger partial charge in [-0.1, -0.05) is 23.8 Å². The molecule has 0 fully saturated rings. The number of carbonyl (C=O) groups is 1. The van der Waals surface area contributed by atoms with Crippen molar-refractivity contribution in [3.05, 3.63) is 58.5 Å². The molecular formula is C16H19NO3. The Labute approximate surface area is 118 Å². The number of carboxylic acid groups (broad SMARTS) is 1. The Kier molecular flexibility index (Phi) is 4.25. The van der Waals surface area contributed by atoms with E-state index in [4.69, 9.17) is 15.3 Å². The van der Waals surface area contributed by atoms with E-state index in [-0.39, 0.29) is 11.7 Å². The maximum absolute atomic E-state index is 10.8. The number of hydrogen-bond donors (Lipinski definition) is 2. The molecule has 3 N–H and O–H groups in total. The van der Waals surface area contributed by atoms with E-state index in [0.717, 1.165) is 0 Å². The van der Waals surface area contributed by atoms with Crippen LogP contribution >= 0.6 is 0 Å². The fraction of sp³-hybridized carbons (Fsp3) is 0.312. The average molecular weight is 273 g/mol. The standard InChI is InChI=1S/C16H19NO3/c1-10-3-4-11(2)14(7-10)12(9-17)8-13-5-6-15(20-13)16(18)19/h3-7,12H,8-9,17H2,1-2H3,(H,18,19). The summed E-state index contributed by atoms with van der Waals surface area (Å²) in [5.74, 6) is -0.300. The van der Waals surface area contributed by atoms with Crippen molar-refractivity contribution >= 4 is 5.97 Å². The van der Waals surface area contributed by atoms with Gasteiger partial charge >= 0.3 is 5.97 Å². The van der Waals surface area contributed by atoms with Gasteiger partial charge in [0.25, 0.3) is 0 Å². The van der Waals surface area contributed by atoms with Gasteiger partial charge in [-0.25, -0.2) is 4.79 Å². The minimum atomic E-state index is -1.05. The molecule has 0 aliphatic heterocycles. The largest absolute Gasteiger partial charge is 0.475 e. The van der Waals surface area contributed by atoms with Gasteiger partial charge in [0.15, 0.2) is 0 Å². The third-order valence-electron chi connectivity index (χ3n) is 3.48. The minimum Gasteiger partial charge on any atom is -0.475 e. The first-order valence-corrected chi connectivity index (χ1v) is 6.60. The molecule has 0 aliphatic carbocycles. The van der Waals surface area contributed by atoms with E-state index in [1.54, 1.807) is 6.07 Å². The molecule has 2 aromatic rings. The normalized spacial score (nSPS) is 12.3. The summed E-state index contributed by atoms with van der Waals surface area (Å²) in [6, 6.07) is 9.47. The van der Waals surface area contributed by atoms with Gasteiger partial charge in [0, 0.05) is 12.3 Å². The van der Waals surface area contributed by atoms with Crippen molar-refractivity contribution in [3.8, 4) is 0 Å². The molecule has 4 heteroatoms. The highest BCUT2D eigenvalue weighted by Gasteiger charge is 2.17. The number of furan rings is 1. The maximum atomic E-state index is 10.8. The summed E-state index contributed by atoms with van der Waals surface area (Å²) < 4.78 is 5.31. The van der Waals surface area contributed by atoms with Crippen molar-refractivity contribution in [2.75, 3.05) is 6.54 Å². The topological polar surface area (TPSA) is 76.5 Å². The van der Waals surface area contributed by atoms with Crippen LogP contribution in [0.4, 0.5) is 0 Å². The van der Waals surface area contributed by atoms with Crippen LogP contribution in [-0.2, 0) is 6.42 Å². The fourth-order valence-electron chi connectivity index (χ4n) is 2.37. The first kappa shape index (κ1) is 14.3. The Morgan fingerprint density at radius 1 is 1.30 bits per heavy atom. The summed E-state index contributed by atoms with van der Waals surface area (Å²) in [5.41, 5.74) is 9.46. The van der Waals surface area contributed by atoms with Gasteiger partial charge in [0.2, 0.25) is 5.76 Å². The Bertz CT molecular complexity index is 616. The van der Waals surface area contributed by atoms with Gasteiger partial charge in [-0.15, -0.1) is 0 Å². The third kappa shape index (κ3) is 3.08. The van der Waals surface area contributed by atoms with Crippen LogP contribution in [-0.4, -0.2) is 17.6 Å². The van der Waals surface area contributed by atoms with Gasteiger partial charge in [-0.05, 0) is 43.7 Å². The van der Waals surface area contributed by atoms with Gasteiger partial charge in [0.1, 0.15) is 5.76 Å². The van der Waals surface area contributed by atoms with Gasteiger partial charge in [-0.2, -0.15) is 0 Å². The highest BCUT2D eigenvalue weighted by Crippen LogP contribution is 2.25. The highest BCUT2D eigenvalue weighted by atomic mass is 16.4. The molecule has 106 valence electrons. The first-order chi connectivity index (χ1) is 9.51. The van der Waals surface area contributed by atoms with Crippen molar-refractivity contribution in [1.82, 2.24) is 0 Å². The predicted octanol–water partition coefficient (Wildman–Crippen LogP) is 2.88. The molecule has 0 radical (unpaired) electrons. The molecular weight excluding hydrogens is 254 g/mol. The van der Waals surface area contributed by atoms with Gasteiger partial charge in [0.05, 0.1) is 0 Å². The lowest BCUT2D eigenvalue weighted by molar-refractivity contribution is 0.0660. The second-order valence-electron chi connectivity index (χ2n) is 5.07.